The van der Waals surface area contributed by atoms with Crippen LogP contribution in [0.25, 0.3) is 0 Å². The molecule has 2 heterocycles. The number of hydrogen-bond donors (Lipinski definition) is 2. The van der Waals surface area contributed by atoms with Gasteiger partial charge in [0.05, 0.1) is 5.02 Å². The highest BCUT2D eigenvalue weighted by atomic mass is 35.5. The first-order chi connectivity index (χ1) is 8.58. The quantitative estimate of drug-likeness (QED) is 0.875. The average Bonchev–Trinajstić information content (AvgIpc) is 2.74. The third-order valence-corrected chi connectivity index (χ3v) is 4.20. The Balaban J connectivity index is 1.72. The lowest BCUT2D eigenvalue weighted by atomic mass is 10.3. The highest BCUT2D eigenvalue weighted by Crippen LogP contribution is 2.41. The SMILES string of the molecule is CC(C)n1cc(Cl)cc1C(=O)NC1C2CNCC21. The van der Waals surface area contributed by atoms with Crippen molar-refractivity contribution in [1.29, 1.82) is 0 Å². The number of halogens is 1. The Labute approximate surface area is 112 Å². The number of nitrogens with zero attached hydrogens (tertiary/aromatic N) is 1. The van der Waals surface area contributed by atoms with E-state index in [1.165, 1.54) is 0 Å². The number of fused-ring (bicyclic) bond motifs is 1. The molecular weight excluding hydrogens is 250 g/mol. The van der Waals surface area contributed by atoms with Crippen molar-refractivity contribution in [3.05, 3.63) is 23.0 Å². The number of carbonyl (C=O) groups excluding carboxylic acids is 1. The number of carbonyl (C=O) groups is 1. The van der Waals surface area contributed by atoms with Crippen LogP contribution < -0.4 is 10.6 Å². The third kappa shape index (κ3) is 1.93. The third-order valence-electron chi connectivity index (χ3n) is 3.99. The fourth-order valence-corrected chi connectivity index (χ4v) is 3.12. The van der Waals surface area contributed by atoms with Crippen LogP contribution in [0.15, 0.2) is 12.3 Å². The van der Waals surface area contributed by atoms with Crippen LogP contribution in [-0.2, 0) is 0 Å². The Kier molecular flexibility index (Phi) is 2.87. The normalized spacial score (nSPS) is 29.4. The van der Waals surface area contributed by atoms with Crippen molar-refractivity contribution in [2.45, 2.75) is 25.9 Å². The average molecular weight is 268 g/mol. The van der Waals surface area contributed by atoms with Crippen molar-refractivity contribution in [2.24, 2.45) is 11.8 Å². The minimum absolute atomic E-state index is 0.00463. The van der Waals surface area contributed by atoms with E-state index >= 15 is 0 Å². The van der Waals surface area contributed by atoms with Crippen molar-refractivity contribution in [1.82, 2.24) is 15.2 Å². The van der Waals surface area contributed by atoms with Gasteiger partial charge in [-0.2, -0.15) is 0 Å². The number of rotatable bonds is 3. The van der Waals surface area contributed by atoms with Crippen molar-refractivity contribution in [2.75, 3.05) is 13.1 Å². The van der Waals surface area contributed by atoms with E-state index in [-0.39, 0.29) is 11.9 Å². The van der Waals surface area contributed by atoms with Crippen LogP contribution in [0, 0.1) is 11.8 Å². The van der Waals surface area contributed by atoms with Crippen molar-refractivity contribution in [3.63, 3.8) is 0 Å². The smallest absolute Gasteiger partial charge is 0.268 e. The summed E-state index contributed by atoms with van der Waals surface area (Å²) >= 11 is 5.99. The van der Waals surface area contributed by atoms with Crippen molar-refractivity contribution >= 4 is 17.5 Å². The zero-order valence-corrected chi connectivity index (χ0v) is 11.4. The summed E-state index contributed by atoms with van der Waals surface area (Å²) in [5, 5.41) is 7.06. The molecule has 1 amide bonds. The maximum absolute atomic E-state index is 12.3. The monoisotopic (exact) mass is 267 g/mol. The number of nitrogens with one attached hydrogen (secondary N) is 2. The molecule has 4 nitrogen and oxygen atoms in total. The molecule has 0 bridgehead atoms. The van der Waals surface area contributed by atoms with Gasteiger partial charge in [-0.1, -0.05) is 11.6 Å². The molecule has 0 spiro atoms. The summed E-state index contributed by atoms with van der Waals surface area (Å²) in [4.78, 5) is 12.3. The first-order valence-corrected chi connectivity index (χ1v) is 6.84. The minimum Gasteiger partial charge on any atom is -0.347 e. The van der Waals surface area contributed by atoms with Gasteiger partial charge < -0.3 is 15.2 Å². The molecule has 5 heteroatoms. The van der Waals surface area contributed by atoms with E-state index in [1.54, 1.807) is 6.07 Å². The Morgan fingerprint density at radius 3 is 2.78 bits per heavy atom. The zero-order chi connectivity index (χ0) is 12.9. The summed E-state index contributed by atoms with van der Waals surface area (Å²) in [7, 11) is 0. The molecule has 3 rings (SSSR count). The lowest BCUT2D eigenvalue weighted by Crippen LogP contribution is -2.33. The van der Waals surface area contributed by atoms with Crippen LogP contribution >= 0.6 is 11.6 Å². The number of aromatic nitrogens is 1. The minimum atomic E-state index is -0.00463. The molecule has 2 aliphatic rings. The molecule has 2 atom stereocenters. The van der Waals surface area contributed by atoms with Crippen LogP contribution in [-0.4, -0.2) is 29.6 Å². The summed E-state index contributed by atoms with van der Waals surface area (Å²) in [6.45, 7) is 6.15. The van der Waals surface area contributed by atoms with Crippen molar-refractivity contribution < 1.29 is 4.79 Å². The molecule has 2 unspecified atom stereocenters. The van der Waals surface area contributed by atoms with E-state index in [0.717, 1.165) is 13.1 Å². The summed E-state index contributed by atoms with van der Waals surface area (Å²) in [5.41, 5.74) is 0.660. The predicted octanol–water partition coefficient (Wildman–Crippen LogP) is 1.67. The van der Waals surface area contributed by atoms with Crippen LogP contribution in [0.4, 0.5) is 0 Å². The molecule has 1 aliphatic carbocycles. The van der Waals surface area contributed by atoms with Gasteiger partial charge in [0.15, 0.2) is 0 Å². The van der Waals surface area contributed by atoms with E-state index in [0.29, 0.717) is 28.6 Å². The fraction of sp³-hybridized carbons (Fsp3) is 0.615. The second-order valence-corrected chi connectivity index (χ2v) is 5.97. The Morgan fingerprint density at radius 2 is 2.17 bits per heavy atom. The van der Waals surface area contributed by atoms with Crippen LogP contribution in [0.3, 0.4) is 0 Å². The highest BCUT2D eigenvalue weighted by molar-refractivity contribution is 6.31. The summed E-state index contributed by atoms with van der Waals surface area (Å²) < 4.78 is 1.92. The highest BCUT2D eigenvalue weighted by Gasteiger charge is 2.53. The van der Waals surface area contributed by atoms with Crippen molar-refractivity contribution in [3.8, 4) is 0 Å². The zero-order valence-electron chi connectivity index (χ0n) is 10.6. The predicted molar refractivity (Wildman–Crippen MR) is 70.9 cm³/mol. The van der Waals surface area contributed by atoms with Gasteiger partial charge >= 0.3 is 0 Å². The fourth-order valence-electron chi connectivity index (χ4n) is 2.91. The van der Waals surface area contributed by atoms with Gasteiger partial charge in [-0.25, -0.2) is 0 Å². The van der Waals surface area contributed by atoms with E-state index in [1.807, 2.05) is 24.6 Å². The molecule has 1 aromatic heterocycles. The molecule has 2 N–H and O–H groups in total. The second-order valence-electron chi connectivity index (χ2n) is 5.53. The molecule has 18 heavy (non-hydrogen) atoms. The van der Waals surface area contributed by atoms with Gasteiger partial charge in [-0.15, -0.1) is 0 Å². The molecule has 1 saturated heterocycles. The lowest BCUT2D eigenvalue weighted by Gasteiger charge is -2.13. The molecule has 1 aromatic rings. The van der Waals surface area contributed by atoms with Crippen LogP contribution in [0.1, 0.15) is 30.4 Å². The molecule has 98 valence electrons. The maximum atomic E-state index is 12.3. The molecule has 1 saturated carbocycles. The number of amides is 1. The molecular formula is C13H18ClN3O. The second kappa shape index (κ2) is 4.28. The van der Waals surface area contributed by atoms with Gasteiger partial charge in [-0.05, 0) is 31.7 Å². The van der Waals surface area contributed by atoms with E-state index in [9.17, 15) is 4.79 Å². The topological polar surface area (TPSA) is 46.1 Å². The summed E-state index contributed by atoms with van der Waals surface area (Å²) in [6, 6.07) is 2.33. The standard InChI is InChI=1S/C13H18ClN3O/c1-7(2)17-6-8(14)3-11(17)13(18)16-12-9-4-15-5-10(9)12/h3,6-7,9-10,12,15H,4-5H2,1-2H3,(H,16,18). The summed E-state index contributed by atoms with van der Waals surface area (Å²) in [6.07, 6.45) is 1.82. The largest absolute Gasteiger partial charge is 0.347 e. The first kappa shape index (κ1) is 12.1. The Morgan fingerprint density at radius 1 is 1.50 bits per heavy atom. The Bertz CT molecular complexity index is 473. The molecule has 0 aromatic carbocycles. The van der Waals surface area contributed by atoms with Crippen LogP contribution in [0.2, 0.25) is 5.02 Å². The van der Waals surface area contributed by atoms with Gasteiger partial charge in [0, 0.05) is 31.4 Å². The van der Waals surface area contributed by atoms with E-state index in [4.69, 9.17) is 11.6 Å². The number of hydrogen-bond acceptors (Lipinski definition) is 2. The number of piperidine rings is 1. The maximum Gasteiger partial charge on any atom is 0.268 e. The van der Waals surface area contributed by atoms with E-state index in [2.05, 4.69) is 10.6 Å². The molecule has 2 fully saturated rings. The van der Waals surface area contributed by atoms with Gasteiger partial charge in [0.25, 0.3) is 5.91 Å². The molecule has 0 radical (unpaired) electrons. The van der Waals surface area contributed by atoms with Gasteiger partial charge in [0.2, 0.25) is 0 Å². The Hall–Kier alpha value is -1.00. The van der Waals surface area contributed by atoms with Gasteiger partial charge in [-0.3, -0.25) is 4.79 Å². The lowest BCUT2D eigenvalue weighted by molar-refractivity contribution is 0.0936. The first-order valence-electron chi connectivity index (χ1n) is 6.47. The van der Waals surface area contributed by atoms with Gasteiger partial charge in [0.1, 0.15) is 5.69 Å². The molecule has 1 aliphatic heterocycles. The van der Waals surface area contributed by atoms with E-state index < -0.39 is 0 Å². The van der Waals surface area contributed by atoms with Crippen LogP contribution in [0.5, 0.6) is 0 Å². The summed E-state index contributed by atoms with van der Waals surface area (Å²) in [5.74, 6) is 1.26.